The maximum atomic E-state index is 13.7. The summed E-state index contributed by atoms with van der Waals surface area (Å²) in [7, 11) is 0. The third-order valence-electron chi connectivity index (χ3n) is 3.51. The molecule has 0 radical (unpaired) electrons. The Morgan fingerprint density at radius 1 is 1.17 bits per heavy atom. The van der Waals surface area contributed by atoms with Gasteiger partial charge in [-0.05, 0) is 42.2 Å². The van der Waals surface area contributed by atoms with Crippen LogP contribution in [-0.4, -0.2) is 4.98 Å². The smallest absolute Gasteiger partial charge is 0.133 e. The molecule has 1 aromatic heterocycles. The minimum atomic E-state index is -0.554. The Morgan fingerprint density at radius 2 is 1.94 bits per heavy atom. The Kier molecular flexibility index (Phi) is 2.62. The summed E-state index contributed by atoms with van der Waals surface area (Å²) in [4.78, 5) is 4.33. The van der Waals surface area contributed by atoms with Gasteiger partial charge in [0.2, 0.25) is 0 Å². The normalized spacial score (nSPS) is 21.9. The van der Waals surface area contributed by atoms with Gasteiger partial charge in [0.25, 0.3) is 0 Å². The molecule has 3 heteroatoms. The van der Waals surface area contributed by atoms with Crippen molar-refractivity contribution in [2.45, 2.75) is 19.3 Å². The van der Waals surface area contributed by atoms with Gasteiger partial charge in [0.1, 0.15) is 11.6 Å². The van der Waals surface area contributed by atoms with Gasteiger partial charge in [-0.1, -0.05) is 6.92 Å². The molecule has 1 fully saturated rings. The second-order valence-electron chi connectivity index (χ2n) is 4.91. The van der Waals surface area contributed by atoms with Crippen LogP contribution in [0.2, 0.25) is 0 Å². The number of halogens is 2. The topological polar surface area (TPSA) is 12.9 Å². The number of hydrogen-bond donors (Lipinski definition) is 0. The molecular formula is C15H13F2N. The van der Waals surface area contributed by atoms with Crippen LogP contribution in [0.25, 0.3) is 11.1 Å². The van der Waals surface area contributed by atoms with E-state index in [4.69, 9.17) is 0 Å². The zero-order valence-electron chi connectivity index (χ0n) is 10.0. The van der Waals surface area contributed by atoms with Crippen LogP contribution >= 0.6 is 0 Å². The van der Waals surface area contributed by atoms with Gasteiger partial charge in [-0.3, -0.25) is 4.98 Å². The molecule has 1 saturated carbocycles. The van der Waals surface area contributed by atoms with E-state index in [9.17, 15) is 8.78 Å². The first-order chi connectivity index (χ1) is 8.65. The lowest BCUT2D eigenvalue weighted by Gasteiger charge is -2.05. The molecule has 0 amide bonds. The van der Waals surface area contributed by atoms with E-state index in [1.807, 2.05) is 6.07 Å². The van der Waals surface area contributed by atoms with Crippen molar-refractivity contribution in [3.63, 3.8) is 0 Å². The molecule has 0 spiro atoms. The lowest BCUT2D eigenvalue weighted by molar-refractivity contribution is 0.585. The van der Waals surface area contributed by atoms with E-state index in [0.29, 0.717) is 17.4 Å². The van der Waals surface area contributed by atoms with Gasteiger partial charge in [0, 0.05) is 29.4 Å². The fraction of sp³-hybridized carbons (Fsp3) is 0.267. The summed E-state index contributed by atoms with van der Waals surface area (Å²) in [5.74, 6) is 0.0663. The second-order valence-corrected chi connectivity index (χ2v) is 4.91. The first-order valence-electron chi connectivity index (χ1n) is 6.06. The molecule has 2 aromatic rings. The predicted octanol–water partition coefficient (Wildman–Crippen LogP) is 4.15. The van der Waals surface area contributed by atoms with Crippen LogP contribution in [0, 0.1) is 17.6 Å². The number of hydrogen-bond acceptors (Lipinski definition) is 1. The standard InChI is InChI=1S/C15H13F2N/c1-9-6-13(9)15-7-10(4-5-18-15)12-3-2-11(16)8-14(12)17/h2-5,7-9,13H,6H2,1H3/t9-,13-/m0/s1. The molecule has 1 heterocycles. The summed E-state index contributed by atoms with van der Waals surface area (Å²) in [5.41, 5.74) is 2.19. The molecule has 1 aromatic carbocycles. The third kappa shape index (κ3) is 2.01. The number of rotatable bonds is 2. The van der Waals surface area contributed by atoms with E-state index in [2.05, 4.69) is 11.9 Å². The highest BCUT2D eigenvalue weighted by molar-refractivity contribution is 5.64. The number of nitrogens with zero attached hydrogens (tertiary/aromatic N) is 1. The molecule has 92 valence electrons. The van der Waals surface area contributed by atoms with Gasteiger partial charge in [-0.2, -0.15) is 0 Å². The van der Waals surface area contributed by atoms with E-state index in [-0.39, 0.29) is 0 Å². The Labute approximate surface area is 104 Å². The molecule has 0 aliphatic heterocycles. The summed E-state index contributed by atoms with van der Waals surface area (Å²) in [6.45, 7) is 2.18. The van der Waals surface area contributed by atoms with Crippen LogP contribution in [0.1, 0.15) is 25.0 Å². The first-order valence-corrected chi connectivity index (χ1v) is 6.06. The Hall–Kier alpha value is -1.77. The zero-order valence-corrected chi connectivity index (χ0v) is 10.0. The fourth-order valence-corrected chi connectivity index (χ4v) is 2.28. The number of aromatic nitrogens is 1. The molecule has 1 nitrogen and oxygen atoms in total. The Balaban J connectivity index is 2.01. The molecule has 2 atom stereocenters. The fourth-order valence-electron chi connectivity index (χ4n) is 2.28. The van der Waals surface area contributed by atoms with Crippen molar-refractivity contribution >= 4 is 0 Å². The largest absolute Gasteiger partial charge is 0.261 e. The van der Waals surface area contributed by atoms with Gasteiger partial charge in [-0.25, -0.2) is 8.78 Å². The SMILES string of the molecule is C[C@H]1C[C@@H]1c1cc(-c2ccc(F)cc2F)ccn1. The third-order valence-corrected chi connectivity index (χ3v) is 3.51. The van der Waals surface area contributed by atoms with Crippen molar-refractivity contribution in [2.24, 2.45) is 5.92 Å². The van der Waals surface area contributed by atoms with Crippen LogP contribution in [0.15, 0.2) is 36.5 Å². The maximum absolute atomic E-state index is 13.7. The van der Waals surface area contributed by atoms with E-state index in [1.165, 1.54) is 12.1 Å². The average Bonchev–Trinajstić information content (AvgIpc) is 3.07. The molecule has 1 aliphatic rings. The lowest BCUT2D eigenvalue weighted by atomic mass is 10.0. The summed E-state index contributed by atoms with van der Waals surface area (Å²) in [6, 6.07) is 7.32. The van der Waals surface area contributed by atoms with Gasteiger partial charge in [0.15, 0.2) is 0 Å². The zero-order chi connectivity index (χ0) is 12.7. The molecule has 1 aliphatic carbocycles. The molecule has 18 heavy (non-hydrogen) atoms. The van der Waals surface area contributed by atoms with E-state index < -0.39 is 11.6 Å². The predicted molar refractivity (Wildman–Crippen MR) is 66.1 cm³/mol. The van der Waals surface area contributed by atoms with Crippen molar-refractivity contribution in [3.8, 4) is 11.1 Å². The van der Waals surface area contributed by atoms with Crippen molar-refractivity contribution in [1.29, 1.82) is 0 Å². The number of benzene rings is 1. The van der Waals surface area contributed by atoms with Crippen LogP contribution in [-0.2, 0) is 0 Å². The van der Waals surface area contributed by atoms with Crippen molar-refractivity contribution in [1.82, 2.24) is 4.98 Å². The summed E-state index contributed by atoms with van der Waals surface area (Å²) >= 11 is 0. The Bertz CT molecular complexity index is 595. The highest BCUT2D eigenvalue weighted by Gasteiger charge is 2.35. The minimum Gasteiger partial charge on any atom is -0.261 e. The molecule has 0 saturated heterocycles. The quantitative estimate of drug-likeness (QED) is 0.774. The van der Waals surface area contributed by atoms with E-state index >= 15 is 0 Å². The number of pyridine rings is 1. The maximum Gasteiger partial charge on any atom is 0.133 e. The summed E-state index contributed by atoms with van der Waals surface area (Å²) in [6.07, 6.45) is 2.83. The molecule has 0 unspecified atom stereocenters. The average molecular weight is 245 g/mol. The molecular weight excluding hydrogens is 232 g/mol. The van der Waals surface area contributed by atoms with Gasteiger partial charge in [-0.15, -0.1) is 0 Å². The van der Waals surface area contributed by atoms with Crippen LogP contribution in [0.4, 0.5) is 8.78 Å². The van der Waals surface area contributed by atoms with Gasteiger partial charge >= 0.3 is 0 Å². The lowest BCUT2D eigenvalue weighted by Crippen LogP contribution is -1.91. The van der Waals surface area contributed by atoms with E-state index in [0.717, 1.165) is 23.7 Å². The van der Waals surface area contributed by atoms with Crippen molar-refractivity contribution in [3.05, 3.63) is 53.9 Å². The highest BCUT2D eigenvalue weighted by Crippen LogP contribution is 2.46. The first kappa shape index (κ1) is 11.3. The van der Waals surface area contributed by atoms with Crippen molar-refractivity contribution < 1.29 is 8.78 Å². The molecule has 3 rings (SSSR count). The Morgan fingerprint density at radius 3 is 2.61 bits per heavy atom. The summed E-state index contributed by atoms with van der Waals surface area (Å²) in [5, 5.41) is 0. The van der Waals surface area contributed by atoms with Gasteiger partial charge in [0.05, 0.1) is 0 Å². The highest BCUT2D eigenvalue weighted by atomic mass is 19.1. The minimum absolute atomic E-state index is 0.424. The summed E-state index contributed by atoms with van der Waals surface area (Å²) < 4.78 is 26.6. The van der Waals surface area contributed by atoms with Crippen LogP contribution in [0.5, 0.6) is 0 Å². The van der Waals surface area contributed by atoms with E-state index in [1.54, 1.807) is 12.3 Å². The van der Waals surface area contributed by atoms with Crippen LogP contribution < -0.4 is 0 Å². The molecule has 0 bridgehead atoms. The molecule has 0 N–H and O–H groups in total. The monoisotopic (exact) mass is 245 g/mol. The van der Waals surface area contributed by atoms with Gasteiger partial charge < -0.3 is 0 Å². The second kappa shape index (κ2) is 4.16. The van der Waals surface area contributed by atoms with Crippen LogP contribution in [0.3, 0.4) is 0 Å². The van der Waals surface area contributed by atoms with Crippen molar-refractivity contribution in [2.75, 3.05) is 0 Å².